The van der Waals surface area contributed by atoms with Crippen molar-refractivity contribution in [3.05, 3.63) is 62.5 Å². The summed E-state index contributed by atoms with van der Waals surface area (Å²) in [5.41, 5.74) is -0.256. The molecule has 4 aliphatic rings. The number of benzene rings is 1. The van der Waals surface area contributed by atoms with Crippen LogP contribution >= 0.6 is 22.9 Å². The van der Waals surface area contributed by atoms with Gasteiger partial charge in [0, 0.05) is 51.8 Å². The van der Waals surface area contributed by atoms with Gasteiger partial charge in [-0.1, -0.05) is 17.7 Å². The van der Waals surface area contributed by atoms with Crippen molar-refractivity contribution in [3.8, 4) is 0 Å². The minimum absolute atomic E-state index is 0.0286. The quantitative estimate of drug-likeness (QED) is 0.466. The number of esters is 1. The lowest BCUT2D eigenvalue weighted by molar-refractivity contribution is -0.184. The van der Waals surface area contributed by atoms with Crippen molar-refractivity contribution < 1.29 is 37.3 Å². The van der Waals surface area contributed by atoms with Crippen LogP contribution < -0.4 is 5.32 Å². The van der Waals surface area contributed by atoms with E-state index in [-0.39, 0.29) is 42.5 Å². The van der Waals surface area contributed by atoms with Gasteiger partial charge in [0.2, 0.25) is 0 Å². The zero-order valence-electron chi connectivity index (χ0n) is 21.1. The Bertz CT molecular complexity index is 1440. The van der Waals surface area contributed by atoms with E-state index in [9.17, 15) is 19.1 Å². The van der Waals surface area contributed by atoms with Crippen LogP contribution in [0.3, 0.4) is 0 Å². The number of aliphatic imine (C=N–C) groups is 1. The number of aliphatic carboxylic acids is 1. The molecule has 0 bridgehead atoms. The molecule has 3 aliphatic heterocycles. The molecule has 9 nitrogen and oxygen atoms in total. The summed E-state index contributed by atoms with van der Waals surface area (Å²) in [6.45, 7) is 0.189. The molecule has 1 aliphatic carbocycles. The lowest BCUT2D eigenvalue weighted by atomic mass is 9.67. The standard InChI is InChI=1S/C26H24ClF3N4O5S/c1-38-23(37)19-16(9-34-17-10-39-11-25(17)8-12(6-18(35)36)26(29,30)24(25)34)32-21(22-31-4-5-40-22)33-20(19)14-3-2-13(28)7-15(14)27/h2-5,7,12,17,20,24H,6,8-11H2,1H3,(H,32,33)(H,35,36)/t12-,17?,20-,24?,25?/m0/s1. The summed E-state index contributed by atoms with van der Waals surface area (Å²) in [4.78, 5) is 35.1. The number of hydrogen-bond donors (Lipinski definition) is 2. The number of carboxylic acids is 1. The predicted octanol–water partition coefficient (Wildman–Crippen LogP) is 3.65. The van der Waals surface area contributed by atoms with Crippen LogP contribution in [0.15, 0.2) is 46.0 Å². The molecule has 1 aromatic heterocycles. The molecule has 1 aromatic carbocycles. The van der Waals surface area contributed by atoms with Crippen molar-refractivity contribution in [2.45, 2.75) is 36.9 Å². The van der Waals surface area contributed by atoms with Gasteiger partial charge >= 0.3 is 11.9 Å². The van der Waals surface area contributed by atoms with E-state index in [1.807, 2.05) is 0 Å². The fourth-order valence-corrected chi connectivity index (χ4v) is 7.60. The maximum Gasteiger partial charge on any atom is 0.338 e. The van der Waals surface area contributed by atoms with Crippen molar-refractivity contribution in [2.75, 3.05) is 26.9 Å². The average molecular weight is 597 g/mol. The van der Waals surface area contributed by atoms with Gasteiger partial charge in [0.25, 0.3) is 5.92 Å². The number of aromatic nitrogens is 1. The third kappa shape index (κ3) is 4.13. The first kappa shape index (κ1) is 27.2. The number of amidine groups is 1. The highest BCUT2D eigenvalue weighted by Gasteiger charge is 2.77. The van der Waals surface area contributed by atoms with Crippen LogP contribution in [0.5, 0.6) is 0 Å². The molecule has 3 fully saturated rings. The van der Waals surface area contributed by atoms with Crippen LogP contribution in [0.25, 0.3) is 0 Å². The van der Waals surface area contributed by atoms with Gasteiger partial charge in [-0.2, -0.15) is 0 Å². The van der Waals surface area contributed by atoms with E-state index >= 15 is 8.78 Å². The van der Waals surface area contributed by atoms with Gasteiger partial charge in [-0.25, -0.2) is 22.9 Å². The van der Waals surface area contributed by atoms with E-state index in [1.54, 1.807) is 16.5 Å². The summed E-state index contributed by atoms with van der Waals surface area (Å²) >= 11 is 7.67. The molecule has 212 valence electrons. The maximum absolute atomic E-state index is 15.8. The van der Waals surface area contributed by atoms with E-state index in [2.05, 4.69) is 15.3 Å². The molecule has 4 heterocycles. The number of ether oxygens (including phenoxy) is 2. The Balaban J connectivity index is 1.43. The van der Waals surface area contributed by atoms with E-state index in [0.29, 0.717) is 16.4 Å². The molecule has 0 radical (unpaired) electrons. The molecule has 2 N–H and O–H groups in total. The number of thiazole rings is 1. The number of hydrogen-bond acceptors (Lipinski definition) is 9. The zero-order chi connectivity index (χ0) is 28.4. The van der Waals surface area contributed by atoms with Crippen LogP contribution in [-0.2, 0) is 19.1 Å². The van der Waals surface area contributed by atoms with Crippen molar-refractivity contribution in [1.82, 2.24) is 15.2 Å². The Labute approximate surface area is 235 Å². The Morgan fingerprint density at radius 2 is 2.17 bits per heavy atom. The van der Waals surface area contributed by atoms with Crippen LogP contribution in [0, 0.1) is 17.2 Å². The highest BCUT2D eigenvalue weighted by atomic mass is 35.5. The second kappa shape index (κ2) is 9.82. The summed E-state index contributed by atoms with van der Waals surface area (Å²) in [5, 5.41) is 14.7. The van der Waals surface area contributed by atoms with Gasteiger partial charge in [-0.05, 0) is 18.6 Å². The van der Waals surface area contributed by atoms with E-state index in [0.717, 1.165) is 6.07 Å². The van der Waals surface area contributed by atoms with Gasteiger partial charge in [-0.3, -0.25) is 14.7 Å². The number of likely N-dealkylation sites (tertiary alicyclic amines) is 1. The number of halogens is 4. The van der Waals surface area contributed by atoms with Gasteiger partial charge in [0.15, 0.2) is 10.8 Å². The van der Waals surface area contributed by atoms with E-state index in [1.165, 1.54) is 30.6 Å². The third-order valence-corrected chi connectivity index (χ3v) is 9.41. The van der Waals surface area contributed by atoms with Crippen LogP contribution in [0.2, 0.25) is 5.02 Å². The molecule has 1 spiro atoms. The molecule has 14 heteroatoms. The lowest BCUT2D eigenvalue weighted by Gasteiger charge is -2.58. The molecule has 40 heavy (non-hydrogen) atoms. The van der Waals surface area contributed by atoms with Crippen molar-refractivity contribution in [2.24, 2.45) is 16.3 Å². The molecule has 2 saturated heterocycles. The Morgan fingerprint density at radius 1 is 1.38 bits per heavy atom. The minimum Gasteiger partial charge on any atom is -0.481 e. The number of alkyl halides is 2. The highest BCUT2D eigenvalue weighted by Crippen LogP contribution is 2.65. The summed E-state index contributed by atoms with van der Waals surface area (Å²) in [5.74, 6) is -6.96. The van der Waals surface area contributed by atoms with E-state index < -0.39 is 59.6 Å². The third-order valence-electron chi connectivity index (χ3n) is 8.31. The first-order valence-corrected chi connectivity index (χ1v) is 13.8. The maximum atomic E-state index is 15.8. The van der Waals surface area contributed by atoms with Crippen molar-refractivity contribution >= 4 is 40.7 Å². The second-order valence-electron chi connectivity index (χ2n) is 10.4. The minimum atomic E-state index is -3.30. The van der Waals surface area contributed by atoms with Crippen molar-refractivity contribution in [1.29, 1.82) is 0 Å². The number of rotatable bonds is 7. The summed E-state index contributed by atoms with van der Waals surface area (Å²) in [6.07, 6.45) is 0.963. The highest BCUT2D eigenvalue weighted by molar-refractivity contribution is 7.11. The normalized spacial score (nSPS) is 30.7. The fraction of sp³-hybridized carbons (Fsp3) is 0.462. The molecule has 2 aromatic rings. The number of carboxylic acid groups (broad SMARTS) is 1. The predicted molar refractivity (Wildman–Crippen MR) is 138 cm³/mol. The number of carbonyl (C=O) groups is 2. The SMILES string of the molecule is COC(=O)C1=C(CN2C3COCC34C[C@H](CC(=O)O)C(F)(F)C24)NC(c2nccs2)=N[C@H]1c1ccc(F)cc1Cl. The summed E-state index contributed by atoms with van der Waals surface area (Å²) in [6, 6.07) is 1.000. The largest absolute Gasteiger partial charge is 0.481 e. The number of methoxy groups -OCH3 is 1. The topological polar surface area (TPSA) is 113 Å². The van der Waals surface area contributed by atoms with Gasteiger partial charge in [0.1, 0.15) is 11.9 Å². The zero-order valence-corrected chi connectivity index (χ0v) is 22.6. The summed E-state index contributed by atoms with van der Waals surface area (Å²) in [7, 11) is 1.19. The molecule has 3 unspecified atom stereocenters. The molecule has 6 rings (SSSR count). The van der Waals surface area contributed by atoms with Gasteiger partial charge < -0.3 is 19.9 Å². The fourth-order valence-electron chi connectivity index (χ4n) is 6.74. The van der Waals surface area contributed by atoms with Crippen LogP contribution in [-0.4, -0.2) is 77.6 Å². The second-order valence-corrected chi connectivity index (χ2v) is 11.7. The first-order valence-electron chi connectivity index (χ1n) is 12.5. The molecule has 5 atom stereocenters. The van der Waals surface area contributed by atoms with Crippen LogP contribution in [0.4, 0.5) is 13.2 Å². The number of nitrogens with one attached hydrogen (secondary N) is 1. The van der Waals surface area contributed by atoms with Gasteiger partial charge in [0.05, 0.1) is 38.4 Å². The Kier molecular flexibility index (Phi) is 6.68. The summed E-state index contributed by atoms with van der Waals surface area (Å²) < 4.78 is 56.2. The average Bonchev–Trinajstić information content (AvgIpc) is 3.58. The Hall–Kier alpha value is -3.00. The number of nitrogens with zero attached hydrogens (tertiary/aromatic N) is 3. The van der Waals surface area contributed by atoms with E-state index in [4.69, 9.17) is 21.1 Å². The number of carbonyl (C=O) groups excluding carboxylic acids is 1. The Morgan fingerprint density at radius 3 is 2.85 bits per heavy atom. The molecule has 0 amide bonds. The molecule has 1 saturated carbocycles. The van der Waals surface area contributed by atoms with Gasteiger partial charge in [-0.15, -0.1) is 11.3 Å². The van der Waals surface area contributed by atoms with Crippen LogP contribution in [0.1, 0.15) is 29.5 Å². The van der Waals surface area contributed by atoms with Crippen molar-refractivity contribution in [3.63, 3.8) is 0 Å². The lowest BCUT2D eigenvalue weighted by Crippen LogP contribution is -2.73. The molecular formula is C26H24ClF3N4O5S. The molecular weight excluding hydrogens is 573 g/mol. The smallest absolute Gasteiger partial charge is 0.338 e. The first-order chi connectivity index (χ1) is 19.1. The monoisotopic (exact) mass is 596 g/mol.